The lowest BCUT2D eigenvalue weighted by Gasteiger charge is -2.33. The standard InChI is InChI=1S/C46H56N8O8/c1-9-23(2)38(51-45(57)60-7)43(55)54-25(4)11-17-36(54)42-48-33-15-13-27-19-32-30-14-12-28(18-29(30)22-62-37(32)20-31(27)40(33)50-42)34-21-47-41(49-34)35-16-10-24(3)53(35)44(56)39(26(5)59-6)52-46(58)61-8/h12-15,18-21,23-26,35-36,38-39H,9-11,16-17,22H2,1-8H3,(H,47,49)(H,48,50)(H,51,57)(H,52,58)/t23?,24-,25-,26?,35-,36-,38?,39?/m0/s1. The summed E-state index contributed by atoms with van der Waals surface area (Å²) in [6, 6.07) is 12.3. The minimum absolute atomic E-state index is 0.0292. The Morgan fingerprint density at radius 3 is 2.15 bits per heavy atom. The number of nitrogens with zero attached hydrogens (tertiary/aromatic N) is 4. The van der Waals surface area contributed by atoms with E-state index in [-0.39, 0.29) is 41.9 Å². The summed E-state index contributed by atoms with van der Waals surface area (Å²) in [7, 11) is 4.07. The van der Waals surface area contributed by atoms with Crippen LogP contribution in [0.4, 0.5) is 9.59 Å². The molecule has 0 radical (unpaired) electrons. The maximum absolute atomic E-state index is 14.1. The number of methoxy groups -OCH3 is 3. The Balaban J connectivity index is 1.04. The molecule has 16 heteroatoms. The van der Waals surface area contributed by atoms with Crippen molar-refractivity contribution in [2.24, 2.45) is 5.92 Å². The molecule has 5 heterocycles. The van der Waals surface area contributed by atoms with E-state index in [1.165, 1.54) is 21.3 Å². The number of likely N-dealkylation sites (tertiary alicyclic amines) is 2. The molecule has 4 amide bonds. The number of rotatable bonds is 11. The van der Waals surface area contributed by atoms with Gasteiger partial charge in [-0.25, -0.2) is 19.6 Å². The first-order chi connectivity index (χ1) is 29.8. The summed E-state index contributed by atoms with van der Waals surface area (Å²) < 4.78 is 21.6. The monoisotopic (exact) mass is 848 g/mol. The molecule has 0 aliphatic carbocycles. The minimum Gasteiger partial charge on any atom is -0.488 e. The molecule has 3 aliphatic rings. The maximum Gasteiger partial charge on any atom is 0.407 e. The summed E-state index contributed by atoms with van der Waals surface area (Å²) in [5.74, 6) is 1.67. The largest absolute Gasteiger partial charge is 0.488 e. The number of hydrogen-bond donors (Lipinski definition) is 4. The van der Waals surface area contributed by atoms with Crippen molar-refractivity contribution in [3.05, 3.63) is 65.9 Å². The smallest absolute Gasteiger partial charge is 0.407 e. The molecule has 3 aliphatic heterocycles. The highest BCUT2D eigenvalue weighted by atomic mass is 16.5. The van der Waals surface area contributed by atoms with Crippen LogP contribution < -0.4 is 15.4 Å². The third kappa shape index (κ3) is 7.69. The third-order valence-corrected chi connectivity index (χ3v) is 13.3. The number of nitrogens with one attached hydrogen (secondary N) is 4. The summed E-state index contributed by atoms with van der Waals surface area (Å²) in [6.07, 6.45) is 3.67. The lowest BCUT2D eigenvalue weighted by atomic mass is 9.92. The van der Waals surface area contributed by atoms with Gasteiger partial charge >= 0.3 is 12.2 Å². The fourth-order valence-corrected chi connectivity index (χ4v) is 9.42. The third-order valence-electron chi connectivity index (χ3n) is 13.3. The number of carbonyl (C=O) groups is 4. The van der Waals surface area contributed by atoms with Gasteiger partial charge in [-0.05, 0) is 98.7 Å². The van der Waals surface area contributed by atoms with Gasteiger partial charge in [0, 0.05) is 30.1 Å². The van der Waals surface area contributed by atoms with Crippen LogP contribution in [0.25, 0.3) is 44.2 Å². The Kier molecular flexibility index (Phi) is 11.9. The lowest BCUT2D eigenvalue weighted by molar-refractivity contribution is -0.139. The molecule has 328 valence electrons. The molecule has 8 atom stereocenters. The van der Waals surface area contributed by atoms with Crippen LogP contribution in [0.2, 0.25) is 0 Å². The van der Waals surface area contributed by atoms with Crippen molar-refractivity contribution in [1.29, 1.82) is 0 Å². The Labute approximate surface area is 360 Å². The van der Waals surface area contributed by atoms with Crippen LogP contribution in [0.15, 0.2) is 48.7 Å². The molecular weight excluding hydrogens is 793 g/mol. The summed E-state index contributed by atoms with van der Waals surface area (Å²) in [5, 5.41) is 7.39. The van der Waals surface area contributed by atoms with Crippen molar-refractivity contribution in [3.8, 4) is 28.1 Å². The summed E-state index contributed by atoms with van der Waals surface area (Å²) in [6.45, 7) is 10.1. The van der Waals surface area contributed by atoms with E-state index >= 15 is 0 Å². The predicted molar refractivity (Wildman–Crippen MR) is 232 cm³/mol. The molecule has 2 fully saturated rings. The fourth-order valence-electron chi connectivity index (χ4n) is 9.42. The number of benzene rings is 3. The highest BCUT2D eigenvalue weighted by molar-refractivity contribution is 6.07. The number of alkyl carbamates (subject to hydrolysis) is 2. The molecule has 0 bridgehead atoms. The van der Waals surface area contributed by atoms with Crippen molar-refractivity contribution >= 4 is 45.8 Å². The molecule has 3 aromatic carbocycles. The van der Waals surface area contributed by atoms with Crippen molar-refractivity contribution in [3.63, 3.8) is 0 Å². The van der Waals surface area contributed by atoms with Gasteiger partial charge in [-0.15, -0.1) is 0 Å². The van der Waals surface area contributed by atoms with Crippen molar-refractivity contribution < 1.29 is 38.1 Å². The van der Waals surface area contributed by atoms with Crippen LogP contribution in [-0.2, 0) is 30.4 Å². The SMILES string of the molecule is CCC(C)C(NC(=O)OC)C(=O)N1[C@@H](C)CC[C@H]1c1nc2c(ccc3cc4c(cc32)OCc2cc(-c3cnc([C@@H]5CC[C@H](C)N5C(=O)C(NC(=O)OC)C(C)OC)[nH]3)ccc2-4)[nH]1. The second kappa shape index (κ2) is 17.3. The van der Waals surface area contributed by atoms with E-state index in [0.717, 1.165) is 74.8 Å². The van der Waals surface area contributed by atoms with E-state index in [9.17, 15) is 19.2 Å². The second-order valence-electron chi connectivity index (χ2n) is 16.9. The van der Waals surface area contributed by atoms with Crippen molar-refractivity contribution in [2.75, 3.05) is 21.3 Å². The van der Waals surface area contributed by atoms with Gasteiger partial charge in [0.2, 0.25) is 11.8 Å². The zero-order valence-corrected chi connectivity index (χ0v) is 36.5. The van der Waals surface area contributed by atoms with E-state index in [1.807, 2.05) is 38.7 Å². The number of aromatic nitrogens is 4. The number of hydrogen-bond acceptors (Lipinski definition) is 10. The molecule has 2 saturated heterocycles. The van der Waals surface area contributed by atoms with Gasteiger partial charge < -0.3 is 49.3 Å². The van der Waals surface area contributed by atoms with Crippen LogP contribution in [0.1, 0.15) is 96.0 Å². The first-order valence-corrected chi connectivity index (χ1v) is 21.5. The Hall–Kier alpha value is -6.16. The van der Waals surface area contributed by atoms with Gasteiger partial charge in [0.25, 0.3) is 0 Å². The van der Waals surface area contributed by atoms with E-state index in [4.69, 9.17) is 28.9 Å². The van der Waals surface area contributed by atoms with Gasteiger partial charge in [-0.2, -0.15) is 0 Å². The van der Waals surface area contributed by atoms with E-state index in [1.54, 1.807) is 18.0 Å². The first-order valence-electron chi connectivity index (χ1n) is 21.5. The first kappa shape index (κ1) is 42.5. The number of fused-ring (bicyclic) bond motifs is 6. The minimum atomic E-state index is -0.927. The van der Waals surface area contributed by atoms with E-state index < -0.39 is 30.4 Å². The quantitative estimate of drug-likeness (QED) is 0.105. The van der Waals surface area contributed by atoms with Gasteiger partial charge in [-0.3, -0.25) is 9.59 Å². The molecule has 2 aromatic heterocycles. The van der Waals surface area contributed by atoms with E-state index in [2.05, 4.69) is 57.0 Å². The number of ether oxygens (including phenoxy) is 4. The molecule has 4 unspecified atom stereocenters. The van der Waals surface area contributed by atoms with Crippen LogP contribution >= 0.6 is 0 Å². The van der Waals surface area contributed by atoms with Gasteiger partial charge in [-0.1, -0.05) is 38.5 Å². The lowest BCUT2D eigenvalue weighted by Crippen LogP contribution is -2.55. The fraction of sp³-hybridized carbons (Fsp3) is 0.478. The number of imidazole rings is 2. The summed E-state index contributed by atoms with van der Waals surface area (Å²) in [5.41, 5.74) is 6.51. The van der Waals surface area contributed by atoms with Gasteiger partial charge in [0.15, 0.2) is 0 Å². The molecule has 62 heavy (non-hydrogen) atoms. The Morgan fingerprint density at radius 1 is 0.823 bits per heavy atom. The molecule has 4 N–H and O–H groups in total. The molecular formula is C46H56N8O8. The van der Waals surface area contributed by atoms with E-state index in [0.29, 0.717) is 31.1 Å². The molecule has 5 aromatic rings. The van der Waals surface area contributed by atoms with Gasteiger partial charge in [0.1, 0.15) is 36.1 Å². The normalized spacial score (nSPS) is 21.4. The Morgan fingerprint density at radius 2 is 1.48 bits per heavy atom. The second-order valence-corrected chi connectivity index (χ2v) is 16.9. The van der Waals surface area contributed by atoms with Crippen LogP contribution in [0, 0.1) is 5.92 Å². The molecule has 0 saturated carbocycles. The number of H-pyrrole nitrogens is 2. The van der Waals surface area contributed by atoms with Crippen LogP contribution in [-0.4, -0.2) is 105 Å². The molecule has 8 rings (SSSR count). The van der Waals surface area contributed by atoms with Crippen molar-refractivity contribution in [2.45, 2.75) is 116 Å². The zero-order chi connectivity index (χ0) is 44.0. The van der Waals surface area contributed by atoms with Crippen LogP contribution in [0.5, 0.6) is 5.75 Å². The molecule has 16 nitrogen and oxygen atoms in total. The average molecular weight is 849 g/mol. The zero-order valence-electron chi connectivity index (χ0n) is 36.5. The number of aromatic amines is 2. The number of carbonyl (C=O) groups excluding carboxylic acids is 4. The summed E-state index contributed by atoms with van der Waals surface area (Å²) >= 11 is 0. The van der Waals surface area contributed by atoms with Crippen molar-refractivity contribution in [1.82, 2.24) is 40.4 Å². The van der Waals surface area contributed by atoms with Gasteiger partial charge in [0.05, 0.1) is 55.3 Å². The maximum atomic E-state index is 14.1. The topological polar surface area (TPSA) is 193 Å². The summed E-state index contributed by atoms with van der Waals surface area (Å²) in [4.78, 5) is 73.1. The average Bonchev–Trinajstić information content (AvgIpc) is 4.11. The highest BCUT2D eigenvalue weighted by Crippen LogP contribution is 2.44. The Bertz CT molecular complexity index is 2520. The van der Waals surface area contributed by atoms with Crippen LogP contribution in [0.3, 0.4) is 0 Å². The number of amides is 4. The highest BCUT2D eigenvalue weighted by Gasteiger charge is 2.43. The predicted octanol–water partition coefficient (Wildman–Crippen LogP) is 7.30. The molecule has 0 spiro atoms.